The topological polar surface area (TPSA) is 51.8 Å². The molecule has 1 saturated carbocycles. The number of rotatable bonds is 1. The van der Waals surface area contributed by atoms with Crippen LogP contribution in [0, 0.1) is 6.92 Å². The molecule has 15 heavy (non-hydrogen) atoms. The Hall–Kier alpha value is -1.12. The molecule has 2 N–H and O–H groups in total. The minimum atomic E-state index is 0.0553. The van der Waals surface area contributed by atoms with Crippen LogP contribution in [0.3, 0.4) is 0 Å². The predicted octanol–water partition coefficient (Wildman–Crippen LogP) is 2.54. The average Bonchev–Trinajstić information content (AvgIpc) is 2.84. The Morgan fingerprint density at radius 2 is 1.80 bits per heavy atom. The van der Waals surface area contributed by atoms with E-state index in [0.717, 1.165) is 11.4 Å². The maximum atomic E-state index is 5.72. The van der Waals surface area contributed by atoms with Gasteiger partial charge in [0.2, 0.25) is 5.95 Å². The van der Waals surface area contributed by atoms with Crippen LogP contribution >= 0.6 is 0 Å². The van der Waals surface area contributed by atoms with E-state index in [-0.39, 0.29) is 5.41 Å². The highest BCUT2D eigenvalue weighted by molar-refractivity contribution is 5.39. The molecule has 1 aliphatic rings. The van der Waals surface area contributed by atoms with E-state index in [0.29, 0.717) is 11.9 Å². The number of nitrogens with zero attached hydrogens (tertiary/aromatic N) is 2. The second-order valence-electron chi connectivity index (χ2n) is 5.45. The molecule has 0 spiro atoms. The number of hydrogen-bond acceptors (Lipinski definition) is 3. The zero-order chi connectivity index (χ0) is 11.2. The van der Waals surface area contributed by atoms with Crippen LogP contribution in [0.5, 0.6) is 0 Å². The van der Waals surface area contributed by atoms with Crippen molar-refractivity contribution in [2.45, 2.75) is 51.9 Å². The van der Waals surface area contributed by atoms with Gasteiger partial charge >= 0.3 is 0 Å². The lowest BCUT2D eigenvalue weighted by Crippen LogP contribution is -2.19. The van der Waals surface area contributed by atoms with E-state index in [9.17, 15) is 0 Å². The summed E-state index contributed by atoms with van der Waals surface area (Å²) >= 11 is 0. The molecule has 1 aromatic heterocycles. The third kappa shape index (κ3) is 1.96. The molecule has 3 heteroatoms. The molecule has 0 saturated heterocycles. The number of nitrogen functional groups attached to an aromatic ring is 1. The SMILES string of the molecule is Cc1nc(N)nc(C(C)(C)C)c1C1CC1. The molecule has 0 radical (unpaired) electrons. The summed E-state index contributed by atoms with van der Waals surface area (Å²) in [6, 6.07) is 0. The van der Waals surface area contributed by atoms with Gasteiger partial charge in [-0.25, -0.2) is 9.97 Å². The lowest BCUT2D eigenvalue weighted by molar-refractivity contribution is 0.558. The number of nitrogens with two attached hydrogens (primary N) is 1. The zero-order valence-corrected chi connectivity index (χ0v) is 9.96. The van der Waals surface area contributed by atoms with E-state index in [4.69, 9.17) is 5.73 Å². The maximum Gasteiger partial charge on any atom is 0.220 e. The van der Waals surface area contributed by atoms with Crippen LogP contribution in [-0.4, -0.2) is 9.97 Å². The highest BCUT2D eigenvalue weighted by Gasteiger charge is 2.33. The Bertz CT molecular complexity index is 387. The molecule has 1 aromatic rings. The monoisotopic (exact) mass is 205 g/mol. The normalized spacial score (nSPS) is 16.8. The van der Waals surface area contributed by atoms with Crippen LogP contribution in [0.4, 0.5) is 5.95 Å². The number of anilines is 1. The van der Waals surface area contributed by atoms with E-state index >= 15 is 0 Å². The molecule has 0 aliphatic heterocycles. The molecule has 3 nitrogen and oxygen atoms in total. The average molecular weight is 205 g/mol. The minimum Gasteiger partial charge on any atom is -0.368 e. The third-order valence-corrected chi connectivity index (χ3v) is 2.85. The number of aryl methyl sites for hydroxylation is 1. The summed E-state index contributed by atoms with van der Waals surface area (Å²) < 4.78 is 0. The van der Waals surface area contributed by atoms with Gasteiger partial charge in [0.15, 0.2) is 0 Å². The first-order chi connectivity index (χ1) is 6.89. The Morgan fingerprint density at radius 3 is 2.27 bits per heavy atom. The van der Waals surface area contributed by atoms with Gasteiger partial charge in [-0.05, 0) is 31.2 Å². The zero-order valence-electron chi connectivity index (χ0n) is 9.96. The maximum absolute atomic E-state index is 5.72. The first-order valence-corrected chi connectivity index (χ1v) is 5.54. The molecule has 0 atom stereocenters. The van der Waals surface area contributed by atoms with Crippen molar-refractivity contribution in [2.75, 3.05) is 5.73 Å². The van der Waals surface area contributed by atoms with Gasteiger partial charge in [0.25, 0.3) is 0 Å². The lowest BCUT2D eigenvalue weighted by Gasteiger charge is -2.22. The van der Waals surface area contributed by atoms with E-state index in [1.807, 2.05) is 6.92 Å². The highest BCUT2D eigenvalue weighted by Crippen LogP contribution is 2.45. The largest absolute Gasteiger partial charge is 0.368 e. The van der Waals surface area contributed by atoms with Crippen molar-refractivity contribution < 1.29 is 0 Å². The van der Waals surface area contributed by atoms with Crippen LogP contribution < -0.4 is 5.73 Å². The van der Waals surface area contributed by atoms with Crippen molar-refractivity contribution in [2.24, 2.45) is 0 Å². The summed E-state index contributed by atoms with van der Waals surface area (Å²) in [5.74, 6) is 1.08. The smallest absolute Gasteiger partial charge is 0.220 e. The third-order valence-electron chi connectivity index (χ3n) is 2.85. The van der Waals surface area contributed by atoms with Crippen LogP contribution in [0.25, 0.3) is 0 Å². The summed E-state index contributed by atoms with van der Waals surface area (Å²) in [4.78, 5) is 8.71. The molecule has 0 amide bonds. The predicted molar refractivity (Wildman–Crippen MR) is 61.9 cm³/mol. The van der Waals surface area contributed by atoms with Crippen LogP contribution in [0.2, 0.25) is 0 Å². The Balaban J connectivity index is 2.59. The van der Waals surface area contributed by atoms with Crippen molar-refractivity contribution in [3.8, 4) is 0 Å². The molecule has 2 rings (SSSR count). The fourth-order valence-corrected chi connectivity index (χ4v) is 2.04. The van der Waals surface area contributed by atoms with Gasteiger partial charge in [-0.3, -0.25) is 0 Å². The highest BCUT2D eigenvalue weighted by atomic mass is 15.0. The Morgan fingerprint density at radius 1 is 1.20 bits per heavy atom. The molecule has 0 unspecified atom stereocenters. The van der Waals surface area contributed by atoms with Gasteiger partial charge in [0.05, 0.1) is 5.69 Å². The van der Waals surface area contributed by atoms with Gasteiger partial charge in [0.1, 0.15) is 0 Å². The molecule has 1 fully saturated rings. The molecule has 0 bridgehead atoms. The first-order valence-electron chi connectivity index (χ1n) is 5.54. The molecular formula is C12H19N3. The second kappa shape index (κ2) is 3.19. The summed E-state index contributed by atoms with van der Waals surface area (Å²) in [5.41, 5.74) is 9.32. The van der Waals surface area contributed by atoms with Crippen molar-refractivity contribution in [3.05, 3.63) is 17.0 Å². The van der Waals surface area contributed by atoms with Crippen LogP contribution in [0.1, 0.15) is 56.5 Å². The van der Waals surface area contributed by atoms with Gasteiger partial charge in [-0.1, -0.05) is 20.8 Å². The van der Waals surface area contributed by atoms with Crippen molar-refractivity contribution in [1.82, 2.24) is 9.97 Å². The van der Waals surface area contributed by atoms with E-state index in [1.54, 1.807) is 0 Å². The van der Waals surface area contributed by atoms with Gasteiger partial charge in [-0.15, -0.1) is 0 Å². The second-order valence-corrected chi connectivity index (χ2v) is 5.45. The molecule has 0 aromatic carbocycles. The fraction of sp³-hybridized carbons (Fsp3) is 0.667. The molecule has 82 valence electrons. The standard InChI is InChI=1S/C12H19N3/c1-7-9(8-5-6-8)10(12(2,3)4)15-11(13)14-7/h8H,5-6H2,1-4H3,(H2,13,14,15). The summed E-state index contributed by atoms with van der Waals surface area (Å²) in [6.07, 6.45) is 2.55. The Kier molecular flexibility index (Phi) is 2.21. The molecule has 1 heterocycles. The van der Waals surface area contributed by atoms with Gasteiger partial charge in [0, 0.05) is 11.1 Å². The van der Waals surface area contributed by atoms with Crippen molar-refractivity contribution >= 4 is 5.95 Å². The Labute approximate surface area is 91.1 Å². The van der Waals surface area contributed by atoms with E-state index in [1.165, 1.54) is 18.4 Å². The minimum absolute atomic E-state index is 0.0553. The fourth-order valence-electron chi connectivity index (χ4n) is 2.04. The van der Waals surface area contributed by atoms with Crippen LogP contribution in [0.15, 0.2) is 0 Å². The van der Waals surface area contributed by atoms with Crippen molar-refractivity contribution in [3.63, 3.8) is 0 Å². The van der Waals surface area contributed by atoms with Gasteiger partial charge in [-0.2, -0.15) is 0 Å². The van der Waals surface area contributed by atoms with E-state index < -0.39 is 0 Å². The summed E-state index contributed by atoms with van der Waals surface area (Å²) in [7, 11) is 0. The van der Waals surface area contributed by atoms with Crippen molar-refractivity contribution in [1.29, 1.82) is 0 Å². The lowest BCUT2D eigenvalue weighted by atomic mass is 9.86. The summed E-state index contributed by atoms with van der Waals surface area (Å²) in [6.45, 7) is 8.58. The first kappa shape index (κ1) is 10.4. The van der Waals surface area contributed by atoms with Gasteiger partial charge < -0.3 is 5.73 Å². The summed E-state index contributed by atoms with van der Waals surface area (Å²) in [5, 5.41) is 0. The quantitative estimate of drug-likeness (QED) is 0.766. The number of hydrogen-bond donors (Lipinski definition) is 1. The molecule has 1 aliphatic carbocycles. The number of aromatic nitrogens is 2. The van der Waals surface area contributed by atoms with E-state index in [2.05, 4.69) is 30.7 Å². The molecular weight excluding hydrogens is 186 g/mol. The van der Waals surface area contributed by atoms with Crippen LogP contribution in [-0.2, 0) is 5.41 Å².